The number of likely N-dealkylation sites (tertiary alicyclic amines) is 1. The van der Waals surface area contributed by atoms with Crippen molar-refractivity contribution in [3.05, 3.63) is 59.9 Å². The van der Waals surface area contributed by atoms with Crippen LogP contribution in [-0.4, -0.2) is 40.5 Å². The number of hydrogen-bond donors (Lipinski definition) is 1. The molecule has 1 saturated heterocycles. The minimum atomic E-state index is -0.164. The first kappa shape index (κ1) is 19.9. The van der Waals surface area contributed by atoms with Gasteiger partial charge in [0.1, 0.15) is 11.4 Å². The molecule has 2 aromatic rings. The molecule has 5 heteroatoms. The van der Waals surface area contributed by atoms with Crippen molar-refractivity contribution >= 4 is 5.91 Å². The molecule has 1 amide bonds. The Hall–Kier alpha value is -2.40. The van der Waals surface area contributed by atoms with Gasteiger partial charge in [-0.25, -0.2) is 0 Å². The molecule has 3 heterocycles. The highest BCUT2D eigenvalue weighted by atomic mass is 16.5. The van der Waals surface area contributed by atoms with Gasteiger partial charge in [0.25, 0.3) is 0 Å². The van der Waals surface area contributed by atoms with Crippen LogP contribution in [0.1, 0.15) is 56.6 Å². The van der Waals surface area contributed by atoms with E-state index in [4.69, 9.17) is 4.74 Å². The molecule has 2 aliphatic heterocycles. The van der Waals surface area contributed by atoms with Crippen LogP contribution in [0.4, 0.5) is 0 Å². The van der Waals surface area contributed by atoms with E-state index in [2.05, 4.69) is 33.4 Å². The fourth-order valence-electron chi connectivity index (χ4n) is 4.71. The average molecular weight is 394 g/mol. The van der Waals surface area contributed by atoms with Crippen molar-refractivity contribution in [3.63, 3.8) is 0 Å². The summed E-state index contributed by atoms with van der Waals surface area (Å²) in [6.45, 7) is 6.95. The van der Waals surface area contributed by atoms with Crippen molar-refractivity contribution in [2.45, 2.75) is 63.6 Å². The number of pyridine rings is 1. The van der Waals surface area contributed by atoms with Crippen LogP contribution in [-0.2, 0) is 11.3 Å². The van der Waals surface area contributed by atoms with E-state index in [0.29, 0.717) is 6.42 Å². The van der Waals surface area contributed by atoms with Crippen molar-refractivity contribution in [2.75, 3.05) is 13.1 Å². The quantitative estimate of drug-likeness (QED) is 0.837. The fourth-order valence-corrected chi connectivity index (χ4v) is 4.71. The second kappa shape index (κ2) is 8.54. The summed E-state index contributed by atoms with van der Waals surface area (Å²) in [4.78, 5) is 19.2. The summed E-state index contributed by atoms with van der Waals surface area (Å²) >= 11 is 0. The Morgan fingerprint density at radius 1 is 1.24 bits per heavy atom. The Morgan fingerprint density at radius 3 is 2.76 bits per heavy atom. The molecule has 29 heavy (non-hydrogen) atoms. The standard InChI is InChI=1S/C24H31N3O2/c1-18(2)26-23(28)14-20-15-24(29-22-8-4-3-7-21(20)22)9-12-27(13-10-24)17-19-6-5-11-25-16-19/h3-8,11,16,18,20H,9-10,12-15,17H2,1-2H3,(H,26,28)/t20-/m0/s1. The molecule has 0 radical (unpaired) electrons. The Morgan fingerprint density at radius 2 is 2.03 bits per heavy atom. The van der Waals surface area contributed by atoms with Gasteiger partial charge < -0.3 is 10.1 Å². The second-order valence-corrected chi connectivity index (χ2v) is 8.79. The number of fused-ring (bicyclic) bond motifs is 1. The minimum Gasteiger partial charge on any atom is -0.487 e. The van der Waals surface area contributed by atoms with Crippen LogP contribution < -0.4 is 10.1 Å². The highest BCUT2D eigenvalue weighted by molar-refractivity contribution is 5.77. The summed E-state index contributed by atoms with van der Waals surface area (Å²) < 4.78 is 6.58. The maximum absolute atomic E-state index is 12.5. The number of para-hydroxylation sites is 1. The van der Waals surface area contributed by atoms with Crippen LogP contribution >= 0.6 is 0 Å². The third kappa shape index (κ3) is 4.78. The maximum Gasteiger partial charge on any atom is 0.220 e. The predicted molar refractivity (Wildman–Crippen MR) is 114 cm³/mol. The summed E-state index contributed by atoms with van der Waals surface area (Å²) in [6, 6.07) is 12.5. The molecule has 2 aliphatic rings. The van der Waals surface area contributed by atoms with Crippen LogP contribution in [0.15, 0.2) is 48.8 Å². The number of hydrogen-bond acceptors (Lipinski definition) is 4. The summed E-state index contributed by atoms with van der Waals surface area (Å²) in [5, 5.41) is 3.05. The molecule has 1 N–H and O–H groups in total. The number of aromatic nitrogens is 1. The van der Waals surface area contributed by atoms with Gasteiger partial charge in [-0.1, -0.05) is 24.3 Å². The van der Waals surface area contributed by atoms with Crippen molar-refractivity contribution < 1.29 is 9.53 Å². The maximum atomic E-state index is 12.5. The molecule has 0 aliphatic carbocycles. The summed E-state index contributed by atoms with van der Waals surface area (Å²) in [7, 11) is 0. The SMILES string of the molecule is CC(C)NC(=O)C[C@H]1CC2(CCN(Cc3cccnc3)CC2)Oc2ccccc21. The van der Waals surface area contributed by atoms with Crippen molar-refractivity contribution in [1.82, 2.24) is 15.2 Å². The third-order valence-electron chi connectivity index (χ3n) is 6.08. The van der Waals surface area contributed by atoms with E-state index in [0.717, 1.165) is 44.6 Å². The third-order valence-corrected chi connectivity index (χ3v) is 6.08. The number of nitrogens with one attached hydrogen (secondary N) is 1. The van der Waals surface area contributed by atoms with E-state index in [1.807, 2.05) is 44.4 Å². The van der Waals surface area contributed by atoms with Crippen molar-refractivity contribution in [2.24, 2.45) is 0 Å². The summed E-state index contributed by atoms with van der Waals surface area (Å²) in [5.74, 6) is 1.30. The first-order chi connectivity index (χ1) is 14.0. The smallest absolute Gasteiger partial charge is 0.220 e. The van der Waals surface area contributed by atoms with Crippen LogP contribution in [0.3, 0.4) is 0 Å². The number of ether oxygens (including phenoxy) is 1. The molecule has 0 bridgehead atoms. The molecule has 4 rings (SSSR count). The van der Waals surface area contributed by atoms with Gasteiger partial charge in [-0.05, 0) is 56.4 Å². The molecule has 1 aromatic heterocycles. The molecule has 1 aromatic carbocycles. The van der Waals surface area contributed by atoms with Gasteiger partial charge in [-0.2, -0.15) is 0 Å². The lowest BCUT2D eigenvalue weighted by Gasteiger charge is -2.47. The summed E-state index contributed by atoms with van der Waals surface area (Å²) in [5.41, 5.74) is 2.26. The minimum absolute atomic E-state index is 0.130. The Bertz CT molecular complexity index is 829. The normalized spacial score (nSPS) is 20.9. The Labute approximate surface area is 173 Å². The zero-order valence-electron chi connectivity index (χ0n) is 17.4. The van der Waals surface area contributed by atoms with Gasteiger partial charge in [0.15, 0.2) is 0 Å². The number of piperidine rings is 1. The first-order valence-corrected chi connectivity index (χ1v) is 10.7. The molecule has 0 saturated carbocycles. The number of carbonyl (C=O) groups is 1. The monoisotopic (exact) mass is 393 g/mol. The topological polar surface area (TPSA) is 54.5 Å². The van der Waals surface area contributed by atoms with E-state index < -0.39 is 0 Å². The molecule has 154 valence electrons. The lowest BCUT2D eigenvalue weighted by Crippen LogP contribution is -2.50. The largest absolute Gasteiger partial charge is 0.487 e. The summed E-state index contributed by atoms with van der Waals surface area (Å²) in [6.07, 6.45) is 7.18. The van der Waals surface area contributed by atoms with Gasteiger partial charge in [-0.15, -0.1) is 0 Å². The number of amides is 1. The van der Waals surface area contributed by atoms with Gasteiger partial charge in [-0.3, -0.25) is 14.7 Å². The van der Waals surface area contributed by atoms with E-state index in [9.17, 15) is 4.79 Å². The molecule has 5 nitrogen and oxygen atoms in total. The van der Waals surface area contributed by atoms with Crippen molar-refractivity contribution in [3.8, 4) is 5.75 Å². The van der Waals surface area contributed by atoms with Crippen molar-refractivity contribution in [1.29, 1.82) is 0 Å². The van der Waals surface area contributed by atoms with E-state index in [1.54, 1.807) is 0 Å². The second-order valence-electron chi connectivity index (χ2n) is 8.79. The molecule has 1 atom stereocenters. The lowest BCUT2D eigenvalue weighted by molar-refractivity contribution is -0.122. The Kier molecular flexibility index (Phi) is 5.86. The van der Waals surface area contributed by atoms with Gasteiger partial charge in [0.05, 0.1) is 0 Å². The van der Waals surface area contributed by atoms with Crippen LogP contribution in [0.2, 0.25) is 0 Å². The van der Waals surface area contributed by atoms with E-state index in [1.165, 1.54) is 11.1 Å². The van der Waals surface area contributed by atoms with Gasteiger partial charge in [0, 0.05) is 50.4 Å². The highest BCUT2D eigenvalue weighted by Gasteiger charge is 2.43. The van der Waals surface area contributed by atoms with Gasteiger partial charge in [0.2, 0.25) is 5.91 Å². The van der Waals surface area contributed by atoms with E-state index >= 15 is 0 Å². The highest BCUT2D eigenvalue weighted by Crippen LogP contribution is 2.46. The zero-order chi connectivity index (χ0) is 20.3. The molecule has 1 fully saturated rings. The van der Waals surface area contributed by atoms with Gasteiger partial charge >= 0.3 is 0 Å². The lowest BCUT2D eigenvalue weighted by atomic mass is 9.76. The predicted octanol–water partition coefficient (Wildman–Crippen LogP) is 3.90. The fraction of sp³-hybridized carbons (Fsp3) is 0.500. The first-order valence-electron chi connectivity index (χ1n) is 10.7. The molecule has 0 unspecified atom stereocenters. The Balaban J connectivity index is 1.45. The zero-order valence-corrected chi connectivity index (χ0v) is 17.4. The average Bonchev–Trinajstić information content (AvgIpc) is 2.70. The number of carbonyl (C=O) groups excluding carboxylic acids is 1. The molecule has 1 spiro atoms. The van der Waals surface area contributed by atoms with E-state index in [-0.39, 0.29) is 23.5 Å². The molecular weight excluding hydrogens is 362 g/mol. The van der Waals surface area contributed by atoms with Crippen LogP contribution in [0.5, 0.6) is 5.75 Å². The van der Waals surface area contributed by atoms with Crippen LogP contribution in [0.25, 0.3) is 0 Å². The number of rotatable bonds is 5. The number of benzene rings is 1. The molecular formula is C24H31N3O2. The number of nitrogens with zero attached hydrogens (tertiary/aromatic N) is 2. The van der Waals surface area contributed by atoms with Crippen LogP contribution in [0, 0.1) is 0 Å².